The monoisotopic (exact) mass is 265 g/mol. The van der Waals surface area contributed by atoms with Gasteiger partial charge in [0.25, 0.3) is 0 Å². The van der Waals surface area contributed by atoms with Gasteiger partial charge in [0.2, 0.25) is 0 Å². The molecule has 0 amide bonds. The molecular formula is C12H12ClN3S. The number of H-pyrrole nitrogens is 1. The molecule has 0 atom stereocenters. The lowest BCUT2D eigenvalue weighted by Crippen LogP contribution is -1.99. The minimum absolute atomic E-state index is 0.606. The van der Waals surface area contributed by atoms with Crippen molar-refractivity contribution in [2.24, 2.45) is 0 Å². The van der Waals surface area contributed by atoms with Gasteiger partial charge in [0, 0.05) is 17.5 Å². The van der Waals surface area contributed by atoms with Crippen LogP contribution in [0.1, 0.15) is 18.2 Å². The number of aromatic amines is 1. The molecule has 1 N–H and O–H groups in total. The van der Waals surface area contributed by atoms with Crippen molar-refractivity contribution in [3.63, 3.8) is 0 Å². The summed E-state index contributed by atoms with van der Waals surface area (Å²) < 4.78 is 0.635. The summed E-state index contributed by atoms with van der Waals surface area (Å²) >= 11 is 11.1. The van der Waals surface area contributed by atoms with Gasteiger partial charge >= 0.3 is 0 Å². The topological polar surface area (TPSA) is 41.6 Å². The average molecular weight is 266 g/mol. The second-order valence-electron chi connectivity index (χ2n) is 3.71. The number of rotatable bonds is 2. The number of nitrogens with one attached hydrogen (secondary N) is 1. The molecule has 0 aliphatic carbocycles. The second-order valence-corrected chi connectivity index (χ2v) is 4.53. The van der Waals surface area contributed by atoms with E-state index in [9.17, 15) is 0 Å². The molecule has 17 heavy (non-hydrogen) atoms. The van der Waals surface area contributed by atoms with Crippen LogP contribution >= 0.6 is 23.8 Å². The van der Waals surface area contributed by atoms with Crippen LogP contribution in [0.5, 0.6) is 0 Å². The molecule has 0 spiro atoms. The van der Waals surface area contributed by atoms with E-state index < -0.39 is 0 Å². The lowest BCUT2D eigenvalue weighted by molar-refractivity contribution is 0.983. The Morgan fingerprint density at radius 1 is 1.41 bits per heavy atom. The van der Waals surface area contributed by atoms with Gasteiger partial charge in [-0.05, 0) is 25.5 Å². The highest BCUT2D eigenvalue weighted by molar-refractivity contribution is 7.71. The molecule has 2 aromatic heterocycles. The Bertz CT molecular complexity index is 590. The molecule has 0 bridgehead atoms. The van der Waals surface area contributed by atoms with Crippen LogP contribution in [0.4, 0.5) is 0 Å². The summed E-state index contributed by atoms with van der Waals surface area (Å²) in [4.78, 5) is 11.8. The number of nitrogens with zero attached hydrogens (tertiary/aromatic N) is 2. The Hall–Kier alpha value is -1.26. The van der Waals surface area contributed by atoms with Crippen LogP contribution in [0, 0.1) is 11.6 Å². The van der Waals surface area contributed by atoms with Crippen molar-refractivity contribution >= 4 is 23.8 Å². The zero-order valence-corrected chi connectivity index (χ0v) is 11.2. The van der Waals surface area contributed by atoms with Crippen LogP contribution in [0.15, 0.2) is 18.3 Å². The van der Waals surface area contributed by atoms with Gasteiger partial charge in [-0.3, -0.25) is 4.98 Å². The third kappa shape index (κ3) is 2.53. The molecule has 0 unspecified atom stereocenters. The number of hydrogen-bond donors (Lipinski definition) is 1. The second kappa shape index (κ2) is 4.94. The lowest BCUT2D eigenvalue weighted by Gasteiger charge is -2.06. The van der Waals surface area contributed by atoms with Gasteiger partial charge in [0.15, 0.2) is 5.82 Å². The third-order valence-corrected chi connectivity index (χ3v) is 3.11. The maximum absolute atomic E-state index is 5.80. The van der Waals surface area contributed by atoms with E-state index >= 15 is 0 Å². The van der Waals surface area contributed by atoms with Gasteiger partial charge in [-0.25, -0.2) is 4.98 Å². The lowest BCUT2D eigenvalue weighted by atomic mass is 10.2. The first-order valence-corrected chi connectivity index (χ1v) is 6.12. The Morgan fingerprint density at radius 3 is 2.71 bits per heavy atom. The average Bonchev–Trinajstić information content (AvgIpc) is 2.29. The molecule has 0 radical (unpaired) electrons. The Balaban J connectivity index is 2.54. The van der Waals surface area contributed by atoms with Crippen molar-refractivity contribution in [3.05, 3.63) is 39.3 Å². The van der Waals surface area contributed by atoms with E-state index in [1.807, 2.05) is 13.0 Å². The van der Waals surface area contributed by atoms with Crippen molar-refractivity contribution in [2.75, 3.05) is 0 Å². The molecule has 0 saturated carbocycles. The first-order chi connectivity index (χ1) is 8.11. The fraction of sp³-hybridized carbons (Fsp3) is 0.250. The first kappa shape index (κ1) is 12.2. The van der Waals surface area contributed by atoms with Crippen LogP contribution in [0.3, 0.4) is 0 Å². The smallest absolute Gasteiger partial charge is 0.157 e. The van der Waals surface area contributed by atoms with Crippen LogP contribution in [0.2, 0.25) is 5.02 Å². The fourth-order valence-corrected chi connectivity index (χ4v) is 2.16. The fourth-order valence-electron chi connectivity index (χ4n) is 1.66. The van der Waals surface area contributed by atoms with Crippen LogP contribution in [-0.4, -0.2) is 15.0 Å². The Morgan fingerprint density at radius 2 is 2.18 bits per heavy atom. The summed E-state index contributed by atoms with van der Waals surface area (Å²) in [6, 6.07) is 3.60. The van der Waals surface area contributed by atoms with Gasteiger partial charge in [0.05, 0.1) is 5.02 Å². The normalized spacial score (nSPS) is 10.5. The largest absolute Gasteiger partial charge is 0.342 e. The minimum atomic E-state index is 0.606. The summed E-state index contributed by atoms with van der Waals surface area (Å²) in [6.45, 7) is 4.06. The summed E-state index contributed by atoms with van der Waals surface area (Å²) in [5.41, 5.74) is 2.86. The molecule has 0 saturated heterocycles. The molecule has 2 rings (SSSR count). The van der Waals surface area contributed by atoms with Crippen LogP contribution < -0.4 is 0 Å². The SMILES string of the molecule is CCc1c(C)[nH]c(-c2ccc(Cl)cn2)nc1=S. The number of halogens is 1. The number of aryl methyl sites for hydroxylation is 1. The molecular weight excluding hydrogens is 254 g/mol. The van der Waals surface area contributed by atoms with E-state index in [1.54, 1.807) is 12.3 Å². The van der Waals surface area contributed by atoms with Crippen molar-refractivity contribution in [2.45, 2.75) is 20.3 Å². The highest BCUT2D eigenvalue weighted by Crippen LogP contribution is 2.17. The zero-order valence-electron chi connectivity index (χ0n) is 9.62. The van der Waals surface area contributed by atoms with Gasteiger partial charge < -0.3 is 4.98 Å². The first-order valence-electron chi connectivity index (χ1n) is 5.33. The standard InChI is InChI=1S/C12H12ClN3S/c1-3-9-7(2)15-11(16-12(9)17)10-5-4-8(13)6-14-10/h4-6H,3H2,1-2H3,(H,15,16,17). The molecule has 0 fully saturated rings. The van der Waals surface area contributed by atoms with Gasteiger partial charge in [-0.2, -0.15) is 0 Å². The predicted octanol–water partition coefficient (Wildman–Crippen LogP) is 3.73. The van der Waals surface area contributed by atoms with Crippen molar-refractivity contribution in [1.29, 1.82) is 0 Å². The van der Waals surface area contributed by atoms with Gasteiger partial charge in [-0.15, -0.1) is 0 Å². The minimum Gasteiger partial charge on any atom is -0.342 e. The van der Waals surface area contributed by atoms with Gasteiger partial charge in [0.1, 0.15) is 10.3 Å². The number of aromatic nitrogens is 3. The molecule has 0 aromatic carbocycles. The number of pyridine rings is 1. The summed E-state index contributed by atoms with van der Waals surface area (Å²) in [7, 11) is 0. The maximum atomic E-state index is 5.80. The van der Waals surface area contributed by atoms with Crippen LogP contribution in [0.25, 0.3) is 11.5 Å². The quantitative estimate of drug-likeness (QED) is 0.842. The molecule has 2 heterocycles. The van der Waals surface area contributed by atoms with E-state index in [-0.39, 0.29) is 0 Å². The third-order valence-electron chi connectivity index (χ3n) is 2.55. The molecule has 5 heteroatoms. The highest BCUT2D eigenvalue weighted by Gasteiger charge is 2.06. The van der Waals surface area contributed by atoms with E-state index in [0.717, 1.165) is 23.4 Å². The Kier molecular flexibility index (Phi) is 3.54. The van der Waals surface area contributed by atoms with Crippen molar-refractivity contribution in [3.8, 4) is 11.5 Å². The molecule has 0 aliphatic rings. The van der Waals surface area contributed by atoms with Crippen molar-refractivity contribution in [1.82, 2.24) is 15.0 Å². The highest BCUT2D eigenvalue weighted by atomic mass is 35.5. The summed E-state index contributed by atoms with van der Waals surface area (Å²) in [6.07, 6.45) is 2.47. The summed E-state index contributed by atoms with van der Waals surface area (Å²) in [5.74, 6) is 0.682. The van der Waals surface area contributed by atoms with Gasteiger partial charge in [-0.1, -0.05) is 30.7 Å². The predicted molar refractivity (Wildman–Crippen MR) is 71.8 cm³/mol. The number of hydrogen-bond acceptors (Lipinski definition) is 3. The maximum Gasteiger partial charge on any atom is 0.157 e. The Labute approximate surface area is 110 Å². The van der Waals surface area contributed by atoms with E-state index in [1.165, 1.54) is 0 Å². The van der Waals surface area contributed by atoms with E-state index in [4.69, 9.17) is 23.8 Å². The molecule has 2 aromatic rings. The van der Waals surface area contributed by atoms with Crippen LogP contribution in [-0.2, 0) is 6.42 Å². The molecule has 88 valence electrons. The van der Waals surface area contributed by atoms with Crippen molar-refractivity contribution < 1.29 is 0 Å². The zero-order chi connectivity index (χ0) is 12.4. The van der Waals surface area contributed by atoms with E-state index in [0.29, 0.717) is 15.5 Å². The molecule has 0 aliphatic heterocycles. The molecule has 3 nitrogen and oxygen atoms in total. The van der Waals surface area contributed by atoms with E-state index in [2.05, 4.69) is 21.9 Å². The summed E-state index contributed by atoms with van der Waals surface area (Å²) in [5, 5.41) is 0.606.